The van der Waals surface area contributed by atoms with Gasteiger partial charge in [0.15, 0.2) is 12.4 Å². The van der Waals surface area contributed by atoms with E-state index >= 15 is 0 Å². The third-order valence-electron chi connectivity index (χ3n) is 10.0. The van der Waals surface area contributed by atoms with Crippen LogP contribution in [0.1, 0.15) is 90.9 Å². The number of para-hydroxylation sites is 1. The zero-order valence-electron chi connectivity index (χ0n) is 36.0. The lowest BCUT2D eigenvalue weighted by atomic mass is 9.98. The summed E-state index contributed by atoms with van der Waals surface area (Å²) in [5.41, 5.74) is 0.694. The van der Waals surface area contributed by atoms with Crippen LogP contribution in [0.5, 0.6) is 5.75 Å². The predicted octanol–water partition coefficient (Wildman–Crippen LogP) is 7.07. The SMILES string of the molecule is CCCCOC(=O)[C@@H]1OP(O[C@@H]2[C@@H](OP3O[C@@H](C(=O)OCCCC)[C@H](C(=O)OCCCC)O3)[C@H](Oc3ccccc3)O[C@@H]3COC(c4ccccc4)O[C@@H]23)O[C@H]1C(=O)OCCCC. The second kappa shape index (κ2) is 25.4. The summed E-state index contributed by atoms with van der Waals surface area (Å²) < 4.78 is 85.0. The van der Waals surface area contributed by atoms with Crippen molar-refractivity contribution in [2.45, 2.75) is 140 Å². The van der Waals surface area contributed by atoms with E-state index in [2.05, 4.69) is 0 Å². The number of carbonyl (C=O) groups is 4. The molecule has 2 aromatic rings. The number of rotatable bonds is 23. The van der Waals surface area contributed by atoms with Crippen LogP contribution in [-0.2, 0) is 79.5 Å². The summed E-state index contributed by atoms with van der Waals surface area (Å²) in [5, 5.41) is 0. The Hall–Kier alpha value is -3.38. The van der Waals surface area contributed by atoms with Gasteiger partial charge in [-0.05, 0) is 37.8 Å². The zero-order chi connectivity index (χ0) is 44.6. The number of hydrogen-bond acceptors (Lipinski definition) is 18. The van der Waals surface area contributed by atoms with Gasteiger partial charge >= 0.3 is 41.1 Å². The molecular weight excluding hydrogens is 866 g/mol. The Balaban J connectivity index is 1.33. The maximum Gasteiger partial charge on any atom is 0.339 e. The van der Waals surface area contributed by atoms with Gasteiger partial charge in [0, 0.05) is 5.56 Å². The molecule has 0 N–H and O–H groups in total. The zero-order valence-corrected chi connectivity index (χ0v) is 37.8. The quantitative estimate of drug-likeness (QED) is 0.0474. The number of esters is 4. The van der Waals surface area contributed by atoms with Crippen LogP contribution in [0.25, 0.3) is 0 Å². The monoisotopic (exact) mass is 924 g/mol. The number of carbonyl (C=O) groups excluding carboxylic acids is 4. The average Bonchev–Trinajstić information content (AvgIpc) is 3.93. The largest absolute Gasteiger partial charge is 0.464 e. The molecule has 1 unspecified atom stereocenters. The van der Waals surface area contributed by atoms with Gasteiger partial charge < -0.3 is 42.4 Å². The van der Waals surface area contributed by atoms with Gasteiger partial charge in [0.05, 0.1) is 33.0 Å². The minimum Gasteiger partial charge on any atom is -0.464 e. The molecule has 63 heavy (non-hydrogen) atoms. The number of benzene rings is 2. The summed E-state index contributed by atoms with van der Waals surface area (Å²) in [6.07, 6.45) is -7.42. The first-order valence-electron chi connectivity index (χ1n) is 21.7. The predicted molar refractivity (Wildman–Crippen MR) is 222 cm³/mol. The highest BCUT2D eigenvalue weighted by molar-refractivity contribution is 7.42. The van der Waals surface area contributed by atoms with Crippen LogP contribution in [0.2, 0.25) is 0 Å². The molecule has 4 aliphatic heterocycles. The van der Waals surface area contributed by atoms with Crippen molar-refractivity contribution in [3.8, 4) is 5.75 Å². The minimum absolute atomic E-state index is 0.00294. The van der Waals surface area contributed by atoms with Gasteiger partial charge in [-0.15, -0.1) is 0 Å². The molecule has 6 rings (SSSR count). The highest BCUT2D eigenvalue weighted by atomic mass is 31.2. The van der Waals surface area contributed by atoms with Gasteiger partial charge in [0.2, 0.25) is 30.7 Å². The molecule has 4 heterocycles. The molecule has 0 radical (unpaired) electrons. The lowest BCUT2D eigenvalue weighted by molar-refractivity contribution is -0.344. The summed E-state index contributed by atoms with van der Waals surface area (Å²) in [6, 6.07) is 17.9. The van der Waals surface area contributed by atoms with E-state index in [1.807, 2.05) is 64.1 Å². The van der Waals surface area contributed by atoms with Crippen LogP contribution in [0.4, 0.5) is 0 Å². The van der Waals surface area contributed by atoms with Crippen molar-refractivity contribution in [1.82, 2.24) is 0 Å². The van der Waals surface area contributed by atoms with Gasteiger partial charge in [0.25, 0.3) is 0 Å². The molecule has 348 valence electrons. The van der Waals surface area contributed by atoms with E-state index in [0.29, 0.717) is 37.0 Å². The van der Waals surface area contributed by atoms with E-state index in [9.17, 15) is 19.2 Å². The maximum absolute atomic E-state index is 13.4. The Morgan fingerprint density at radius 2 is 0.968 bits per heavy atom. The van der Waals surface area contributed by atoms with E-state index in [1.54, 1.807) is 24.3 Å². The average molecular weight is 925 g/mol. The molecule has 0 aliphatic carbocycles. The smallest absolute Gasteiger partial charge is 0.339 e. The lowest BCUT2D eigenvalue weighted by Crippen LogP contribution is -2.63. The summed E-state index contributed by atoms with van der Waals surface area (Å²) in [4.78, 5) is 53.7. The highest BCUT2D eigenvalue weighted by Crippen LogP contribution is 2.57. The lowest BCUT2D eigenvalue weighted by Gasteiger charge is -2.48. The van der Waals surface area contributed by atoms with E-state index in [-0.39, 0.29) is 33.0 Å². The van der Waals surface area contributed by atoms with Gasteiger partial charge in [-0.2, -0.15) is 0 Å². The van der Waals surface area contributed by atoms with Crippen LogP contribution >= 0.6 is 17.2 Å². The van der Waals surface area contributed by atoms with E-state index < -0.39 is 102 Å². The van der Waals surface area contributed by atoms with Crippen molar-refractivity contribution in [2.75, 3.05) is 33.0 Å². The summed E-state index contributed by atoms with van der Waals surface area (Å²) in [7, 11) is -5.15. The van der Waals surface area contributed by atoms with Crippen molar-refractivity contribution in [3.05, 3.63) is 66.2 Å². The van der Waals surface area contributed by atoms with E-state index in [4.69, 9.17) is 65.0 Å². The fraction of sp³-hybridized carbons (Fsp3) is 0.628. The molecule has 4 fully saturated rings. The molecule has 18 nitrogen and oxygen atoms in total. The van der Waals surface area contributed by atoms with Gasteiger partial charge in [-0.1, -0.05) is 102 Å². The summed E-state index contributed by atoms with van der Waals surface area (Å²) in [5.74, 6) is -2.93. The molecule has 4 aliphatic rings. The molecule has 4 saturated heterocycles. The molecule has 10 atom stereocenters. The molecule has 0 bridgehead atoms. The number of hydrogen-bond donors (Lipinski definition) is 0. The first kappa shape index (κ1) is 49.1. The number of ether oxygens (including phenoxy) is 8. The Labute approximate surface area is 370 Å². The van der Waals surface area contributed by atoms with Crippen molar-refractivity contribution >= 4 is 41.1 Å². The first-order chi connectivity index (χ1) is 30.7. The van der Waals surface area contributed by atoms with Crippen LogP contribution < -0.4 is 4.74 Å². The van der Waals surface area contributed by atoms with E-state index in [1.165, 1.54) is 0 Å². The second-order valence-electron chi connectivity index (χ2n) is 14.9. The molecule has 20 heteroatoms. The normalized spacial score (nSPS) is 28.5. The van der Waals surface area contributed by atoms with Gasteiger partial charge in [0.1, 0.15) is 24.1 Å². The summed E-state index contributed by atoms with van der Waals surface area (Å²) >= 11 is 0. The fourth-order valence-electron chi connectivity index (χ4n) is 6.49. The van der Waals surface area contributed by atoms with Gasteiger partial charge in [-0.25, -0.2) is 19.2 Å². The fourth-order valence-corrected chi connectivity index (χ4v) is 9.17. The molecular formula is C43H58O18P2. The van der Waals surface area contributed by atoms with Crippen molar-refractivity contribution in [1.29, 1.82) is 0 Å². The first-order valence-corrected chi connectivity index (χ1v) is 23.9. The van der Waals surface area contributed by atoms with Crippen molar-refractivity contribution < 1.29 is 84.2 Å². The molecule has 0 spiro atoms. The Morgan fingerprint density at radius 3 is 1.40 bits per heavy atom. The second-order valence-corrected chi connectivity index (χ2v) is 17.1. The number of unbranched alkanes of at least 4 members (excludes halogenated alkanes) is 4. The van der Waals surface area contributed by atoms with Gasteiger partial charge in [-0.3, -0.25) is 22.6 Å². The van der Waals surface area contributed by atoms with E-state index in [0.717, 1.165) is 25.7 Å². The van der Waals surface area contributed by atoms with Crippen molar-refractivity contribution in [2.24, 2.45) is 0 Å². The molecule has 0 saturated carbocycles. The maximum atomic E-state index is 13.4. The van der Waals surface area contributed by atoms with Crippen LogP contribution in [0.15, 0.2) is 60.7 Å². The minimum atomic E-state index is -2.58. The Bertz CT molecular complexity index is 1670. The third kappa shape index (κ3) is 13.6. The highest BCUT2D eigenvalue weighted by Gasteiger charge is 2.59. The Kier molecular flexibility index (Phi) is 19.7. The van der Waals surface area contributed by atoms with Crippen LogP contribution in [0, 0.1) is 0 Å². The van der Waals surface area contributed by atoms with Crippen molar-refractivity contribution in [3.63, 3.8) is 0 Å². The Morgan fingerprint density at radius 1 is 0.556 bits per heavy atom. The molecule has 2 aromatic carbocycles. The molecule has 0 aromatic heterocycles. The topological polar surface area (TPSA) is 197 Å². The summed E-state index contributed by atoms with van der Waals surface area (Å²) in [6.45, 7) is 8.17. The number of fused-ring (bicyclic) bond motifs is 1. The van der Waals surface area contributed by atoms with Crippen LogP contribution in [0.3, 0.4) is 0 Å². The molecule has 0 amide bonds. The van der Waals surface area contributed by atoms with Crippen LogP contribution in [-0.4, -0.2) is 112 Å². The standard InChI is InChI=1S/C43H58O18P2/c1-5-9-23-48-38(44)33-34(39(45)49-24-10-6-2)58-62(57-33)56-32-31-30(27-52-42(55-31)28-19-15-13-16-20-28)54-43(53-29-21-17-14-18-22-29)37(32)61-63-59-35(40(46)50-25-11-7-3)36(60-63)41(47)51-26-12-8-4/h13-22,30-37,42-43H,5-12,23-27H2,1-4H3/t30-,31-,32+,33-,34-,35-,36-,37-,42?,43-/m1/s1. The third-order valence-corrected chi connectivity index (χ3v) is 12.4.